The smallest absolute Gasteiger partial charge is 0.255 e. The second kappa shape index (κ2) is 8.40. The Morgan fingerprint density at radius 2 is 2.04 bits per heavy atom. The van der Waals surface area contributed by atoms with Crippen LogP contribution in [0, 0.1) is 0 Å². The number of amides is 1. The molecule has 0 aliphatic carbocycles. The maximum Gasteiger partial charge on any atom is 0.255 e. The van der Waals surface area contributed by atoms with Crippen molar-refractivity contribution in [3.05, 3.63) is 72.2 Å². The van der Waals surface area contributed by atoms with E-state index in [0.29, 0.717) is 24.4 Å². The van der Waals surface area contributed by atoms with E-state index in [4.69, 9.17) is 4.74 Å². The van der Waals surface area contributed by atoms with E-state index in [2.05, 4.69) is 15.4 Å². The first-order valence-electron chi connectivity index (χ1n) is 8.49. The van der Waals surface area contributed by atoms with Crippen LogP contribution in [0.2, 0.25) is 0 Å². The van der Waals surface area contributed by atoms with Crippen molar-refractivity contribution in [2.45, 2.75) is 19.5 Å². The fourth-order valence-electron chi connectivity index (χ4n) is 2.75. The lowest BCUT2D eigenvalue weighted by molar-refractivity contribution is 0.0906. The quantitative estimate of drug-likeness (QED) is 0.711. The molecule has 26 heavy (non-hydrogen) atoms. The first-order chi connectivity index (χ1) is 12.7. The predicted molar refractivity (Wildman–Crippen MR) is 99.8 cm³/mol. The number of pyridine rings is 1. The van der Waals surface area contributed by atoms with Gasteiger partial charge in [-0.15, -0.1) is 0 Å². The molecule has 1 amide bonds. The molecule has 3 rings (SSSR count). The van der Waals surface area contributed by atoms with Crippen molar-refractivity contribution < 1.29 is 9.53 Å². The van der Waals surface area contributed by atoms with Gasteiger partial charge in [-0.25, -0.2) is 0 Å². The number of ether oxygens (including phenoxy) is 1. The Hall–Kier alpha value is -2.99. The molecule has 2 aromatic heterocycles. The summed E-state index contributed by atoms with van der Waals surface area (Å²) in [5, 5.41) is 7.58. The van der Waals surface area contributed by atoms with Gasteiger partial charge in [-0.1, -0.05) is 30.3 Å². The van der Waals surface area contributed by atoms with Gasteiger partial charge in [-0.3, -0.25) is 14.5 Å². The van der Waals surface area contributed by atoms with Crippen LogP contribution >= 0.6 is 0 Å². The maximum atomic E-state index is 12.7. The van der Waals surface area contributed by atoms with Gasteiger partial charge in [0.2, 0.25) is 0 Å². The molecule has 0 bridgehead atoms. The normalized spacial score (nSPS) is 11.9. The predicted octanol–water partition coefficient (Wildman–Crippen LogP) is 2.76. The second-order valence-electron chi connectivity index (χ2n) is 6.15. The minimum atomic E-state index is -0.173. The highest BCUT2D eigenvalue weighted by molar-refractivity contribution is 5.99. The standard InChI is InChI=1S/C20H22N4O2/c1-15(14-26-2)22-20(25)18-13-24(12-16-7-4-3-5-8-16)23-19(18)17-9-6-10-21-11-17/h3-11,13,15H,12,14H2,1-2H3,(H,22,25)/t15-/m1/s1. The van der Waals surface area contributed by atoms with Crippen molar-refractivity contribution in [2.24, 2.45) is 0 Å². The summed E-state index contributed by atoms with van der Waals surface area (Å²) in [6.45, 7) is 2.95. The van der Waals surface area contributed by atoms with Crippen molar-refractivity contribution in [3.63, 3.8) is 0 Å². The fourth-order valence-corrected chi connectivity index (χ4v) is 2.75. The van der Waals surface area contributed by atoms with E-state index >= 15 is 0 Å². The molecule has 1 aromatic carbocycles. The van der Waals surface area contributed by atoms with Crippen molar-refractivity contribution >= 4 is 5.91 Å². The Kier molecular flexibility index (Phi) is 5.76. The molecule has 0 saturated carbocycles. The van der Waals surface area contributed by atoms with Crippen LogP contribution in [-0.2, 0) is 11.3 Å². The number of hydrogen-bond donors (Lipinski definition) is 1. The van der Waals surface area contributed by atoms with Gasteiger partial charge in [-0.2, -0.15) is 5.10 Å². The number of nitrogens with one attached hydrogen (secondary N) is 1. The number of aromatic nitrogens is 3. The monoisotopic (exact) mass is 350 g/mol. The van der Waals surface area contributed by atoms with Crippen LogP contribution in [0.1, 0.15) is 22.8 Å². The summed E-state index contributed by atoms with van der Waals surface area (Å²) in [6, 6.07) is 13.7. The van der Waals surface area contributed by atoms with Crippen molar-refractivity contribution in [3.8, 4) is 11.3 Å². The fraction of sp³-hybridized carbons (Fsp3) is 0.250. The molecule has 0 spiro atoms. The lowest BCUT2D eigenvalue weighted by atomic mass is 10.1. The molecule has 0 aliphatic heterocycles. The zero-order chi connectivity index (χ0) is 18.4. The summed E-state index contributed by atoms with van der Waals surface area (Å²) >= 11 is 0. The van der Waals surface area contributed by atoms with E-state index in [1.54, 1.807) is 30.4 Å². The average molecular weight is 350 g/mol. The Morgan fingerprint density at radius 3 is 2.73 bits per heavy atom. The Labute approximate surface area is 152 Å². The number of carbonyl (C=O) groups excluding carboxylic acids is 1. The summed E-state index contributed by atoms with van der Waals surface area (Å²) in [7, 11) is 1.61. The zero-order valence-electron chi connectivity index (χ0n) is 14.9. The molecule has 0 aliphatic rings. The van der Waals surface area contributed by atoms with E-state index < -0.39 is 0 Å². The van der Waals surface area contributed by atoms with Gasteiger partial charge in [0.15, 0.2) is 0 Å². The Morgan fingerprint density at radius 1 is 1.23 bits per heavy atom. The lowest BCUT2D eigenvalue weighted by Crippen LogP contribution is -2.35. The number of carbonyl (C=O) groups is 1. The number of rotatable bonds is 7. The summed E-state index contributed by atoms with van der Waals surface area (Å²) in [5.74, 6) is -0.173. The van der Waals surface area contributed by atoms with Crippen molar-refractivity contribution in [1.29, 1.82) is 0 Å². The van der Waals surface area contributed by atoms with Crippen LogP contribution in [0.5, 0.6) is 0 Å². The van der Waals surface area contributed by atoms with Crippen LogP contribution in [0.15, 0.2) is 61.1 Å². The summed E-state index contributed by atoms with van der Waals surface area (Å²) in [4.78, 5) is 16.9. The highest BCUT2D eigenvalue weighted by Gasteiger charge is 2.19. The highest BCUT2D eigenvalue weighted by Crippen LogP contribution is 2.22. The third-order valence-electron chi connectivity index (χ3n) is 3.92. The van der Waals surface area contributed by atoms with Gasteiger partial charge < -0.3 is 10.1 Å². The Bertz CT molecular complexity index is 847. The number of hydrogen-bond acceptors (Lipinski definition) is 4. The Balaban J connectivity index is 1.91. The number of methoxy groups -OCH3 is 1. The molecular weight excluding hydrogens is 328 g/mol. The minimum Gasteiger partial charge on any atom is -0.383 e. The first kappa shape index (κ1) is 17.8. The van der Waals surface area contributed by atoms with E-state index in [0.717, 1.165) is 11.1 Å². The third-order valence-corrected chi connectivity index (χ3v) is 3.92. The highest BCUT2D eigenvalue weighted by atomic mass is 16.5. The van der Waals surface area contributed by atoms with Gasteiger partial charge in [0.05, 0.1) is 18.7 Å². The minimum absolute atomic E-state index is 0.0910. The number of benzene rings is 1. The van der Waals surface area contributed by atoms with E-state index in [9.17, 15) is 4.79 Å². The zero-order valence-corrected chi connectivity index (χ0v) is 14.9. The van der Waals surface area contributed by atoms with Crippen LogP contribution in [-0.4, -0.2) is 40.4 Å². The van der Waals surface area contributed by atoms with Crippen molar-refractivity contribution in [2.75, 3.05) is 13.7 Å². The lowest BCUT2D eigenvalue weighted by Gasteiger charge is -2.12. The molecular formula is C20H22N4O2. The maximum absolute atomic E-state index is 12.7. The van der Waals surface area contributed by atoms with Crippen LogP contribution < -0.4 is 5.32 Å². The van der Waals surface area contributed by atoms with E-state index in [1.807, 2.05) is 49.4 Å². The van der Waals surface area contributed by atoms with Gasteiger partial charge >= 0.3 is 0 Å². The van der Waals surface area contributed by atoms with Crippen LogP contribution in [0.25, 0.3) is 11.3 Å². The van der Waals surface area contributed by atoms with E-state index in [1.165, 1.54) is 0 Å². The average Bonchev–Trinajstić information content (AvgIpc) is 3.07. The van der Waals surface area contributed by atoms with Crippen LogP contribution in [0.4, 0.5) is 0 Å². The molecule has 6 nitrogen and oxygen atoms in total. The van der Waals surface area contributed by atoms with Gasteiger partial charge in [0.1, 0.15) is 5.69 Å². The molecule has 2 heterocycles. The molecule has 0 unspecified atom stereocenters. The molecule has 134 valence electrons. The molecule has 3 aromatic rings. The van der Waals surface area contributed by atoms with Crippen molar-refractivity contribution in [1.82, 2.24) is 20.1 Å². The van der Waals surface area contributed by atoms with Gasteiger partial charge in [-0.05, 0) is 24.6 Å². The summed E-state index contributed by atoms with van der Waals surface area (Å²) < 4.78 is 6.88. The molecule has 0 saturated heterocycles. The number of nitrogens with zero attached hydrogens (tertiary/aromatic N) is 3. The molecule has 0 radical (unpaired) electrons. The largest absolute Gasteiger partial charge is 0.383 e. The first-order valence-corrected chi connectivity index (χ1v) is 8.49. The topological polar surface area (TPSA) is 69.0 Å². The van der Waals surface area contributed by atoms with E-state index in [-0.39, 0.29) is 11.9 Å². The molecule has 1 N–H and O–H groups in total. The van der Waals surface area contributed by atoms with Gasteiger partial charge in [0, 0.05) is 37.3 Å². The summed E-state index contributed by atoms with van der Waals surface area (Å²) in [6.07, 6.45) is 5.19. The summed E-state index contributed by atoms with van der Waals surface area (Å²) in [5.41, 5.74) is 3.07. The van der Waals surface area contributed by atoms with Gasteiger partial charge in [0.25, 0.3) is 5.91 Å². The molecule has 1 atom stereocenters. The second-order valence-corrected chi connectivity index (χ2v) is 6.15. The molecule has 6 heteroatoms. The molecule has 0 fully saturated rings. The third kappa shape index (κ3) is 4.34. The SMILES string of the molecule is COC[C@@H](C)NC(=O)c1cn(Cc2ccccc2)nc1-c1cccnc1. The van der Waals surface area contributed by atoms with Crippen LogP contribution in [0.3, 0.4) is 0 Å².